The maximum atomic E-state index is 5.85. The highest BCUT2D eigenvalue weighted by Crippen LogP contribution is 2.31. The molecule has 90 valence electrons. The zero-order valence-corrected chi connectivity index (χ0v) is 9.95. The number of nitrogens with zero attached hydrogens (tertiary/aromatic N) is 4. The Balaban J connectivity index is 1.93. The van der Waals surface area contributed by atoms with Crippen LogP contribution in [0.5, 0.6) is 0 Å². The maximum Gasteiger partial charge on any atom is 0.469 e. The van der Waals surface area contributed by atoms with E-state index in [4.69, 9.17) is 4.42 Å². The summed E-state index contributed by atoms with van der Waals surface area (Å²) >= 11 is 0. The van der Waals surface area contributed by atoms with Gasteiger partial charge in [0.05, 0.1) is 0 Å². The fraction of sp³-hybridized carbons (Fsp3) is 0.0714. The molecule has 5 heterocycles. The lowest BCUT2D eigenvalue weighted by atomic mass is 10.2. The van der Waals surface area contributed by atoms with E-state index < -0.39 is 0 Å². The summed E-state index contributed by atoms with van der Waals surface area (Å²) in [6.07, 6.45) is 5.64. The predicted molar refractivity (Wildman–Crippen MR) is 67.5 cm³/mol. The highest BCUT2D eigenvalue weighted by Gasteiger charge is 2.33. The van der Waals surface area contributed by atoms with Gasteiger partial charge in [0.2, 0.25) is 0 Å². The lowest BCUT2D eigenvalue weighted by molar-refractivity contribution is -0.484. The first-order valence-electron chi connectivity index (χ1n) is 6.14. The molecule has 0 atom stereocenters. The second kappa shape index (κ2) is 3.00. The van der Waals surface area contributed by atoms with Crippen molar-refractivity contribution in [2.45, 2.75) is 6.54 Å². The second-order valence-electron chi connectivity index (χ2n) is 4.69. The first kappa shape index (κ1) is 9.27. The highest BCUT2D eigenvalue weighted by molar-refractivity contribution is 5.69. The molecule has 0 fully saturated rings. The monoisotopic (exact) mass is 249 g/mol. The molecule has 0 saturated carbocycles. The molecule has 0 aliphatic carbocycles. The van der Waals surface area contributed by atoms with Crippen LogP contribution in [0.25, 0.3) is 28.5 Å². The Morgan fingerprint density at radius 2 is 2.05 bits per heavy atom. The van der Waals surface area contributed by atoms with Gasteiger partial charge in [-0.2, -0.15) is 8.97 Å². The van der Waals surface area contributed by atoms with Gasteiger partial charge in [-0.1, -0.05) is 6.07 Å². The summed E-state index contributed by atoms with van der Waals surface area (Å²) in [5, 5.41) is 0. The van der Waals surface area contributed by atoms with E-state index in [1.807, 2.05) is 28.8 Å². The molecule has 0 aromatic carbocycles. The van der Waals surface area contributed by atoms with Crippen molar-refractivity contribution in [3.8, 4) is 11.4 Å². The van der Waals surface area contributed by atoms with Crippen LogP contribution >= 0.6 is 0 Å². The van der Waals surface area contributed by atoms with Crippen LogP contribution in [0.4, 0.5) is 0 Å². The van der Waals surface area contributed by atoms with Crippen LogP contribution in [0.15, 0.2) is 47.3 Å². The van der Waals surface area contributed by atoms with Crippen molar-refractivity contribution in [2.24, 2.45) is 0 Å². The topological polar surface area (TPSA) is 48.0 Å². The number of hydrogen-bond acceptors (Lipinski definition) is 3. The Bertz CT molecular complexity index is 951. The third kappa shape index (κ3) is 1.03. The van der Waals surface area contributed by atoms with Crippen molar-refractivity contribution in [1.82, 2.24) is 14.5 Å². The van der Waals surface area contributed by atoms with Gasteiger partial charge in [0.1, 0.15) is 18.4 Å². The van der Waals surface area contributed by atoms with Gasteiger partial charge in [0, 0.05) is 18.0 Å². The minimum Gasteiger partial charge on any atom is -0.368 e. The van der Waals surface area contributed by atoms with Crippen LogP contribution in [-0.4, -0.2) is 14.5 Å². The first-order chi connectivity index (χ1) is 9.42. The number of hydrogen-bond donors (Lipinski definition) is 0. The first-order valence-corrected chi connectivity index (χ1v) is 6.14. The zero-order chi connectivity index (χ0) is 12.4. The Morgan fingerprint density at radius 1 is 1.16 bits per heavy atom. The van der Waals surface area contributed by atoms with Crippen molar-refractivity contribution in [3.63, 3.8) is 0 Å². The summed E-state index contributed by atoms with van der Waals surface area (Å²) in [6, 6.07) is 8.00. The zero-order valence-electron chi connectivity index (χ0n) is 9.95. The molecular weight excluding hydrogens is 240 g/mol. The normalized spacial score (nSPS) is 13.1. The van der Waals surface area contributed by atoms with Crippen LogP contribution in [-0.2, 0) is 6.54 Å². The lowest BCUT2D eigenvalue weighted by Crippen LogP contribution is -2.16. The molecule has 0 N–H and O–H groups in total. The molecule has 0 amide bonds. The molecule has 5 heteroatoms. The van der Waals surface area contributed by atoms with Crippen molar-refractivity contribution in [2.75, 3.05) is 0 Å². The van der Waals surface area contributed by atoms with Crippen LogP contribution in [0, 0.1) is 0 Å². The van der Waals surface area contributed by atoms with Crippen LogP contribution < -0.4 is 4.40 Å². The predicted octanol–water partition coefficient (Wildman–Crippen LogP) is 1.79. The Hall–Kier alpha value is -2.69. The molecule has 0 saturated heterocycles. The SMILES string of the molecule is c1cnc2c(c1)Cn1c-2c[n+]2c3cccnc3oc12. The third-order valence-corrected chi connectivity index (χ3v) is 3.64. The summed E-state index contributed by atoms with van der Waals surface area (Å²) in [5.41, 5.74) is 5.01. The Labute approximate surface area is 107 Å². The van der Waals surface area contributed by atoms with Crippen molar-refractivity contribution < 1.29 is 8.82 Å². The van der Waals surface area contributed by atoms with Crippen molar-refractivity contribution in [1.29, 1.82) is 0 Å². The van der Waals surface area contributed by atoms with Gasteiger partial charge < -0.3 is 4.42 Å². The number of oxazole rings is 1. The molecule has 19 heavy (non-hydrogen) atoms. The molecule has 5 rings (SSSR count). The number of fused-ring (bicyclic) bond motifs is 7. The van der Waals surface area contributed by atoms with E-state index in [1.54, 1.807) is 6.20 Å². The Morgan fingerprint density at radius 3 is 3.05 bits per heavy atom. The van der Waals surface area contributed by atoms with E-state index >= 15 is 0 Å². The highest BCUT2D eigenvalue weighted by atomic mass is 16.4. The molecule has 5 nitrogen and oxygen atoms in total. The fourth-order valence-corrected chi connectivity index (χ4v) is 2.80. The molecule has 0 spiro atoms. The molecule has 4 aromatic heterocycles. The van der Waals surface area contributed by atoms with Crippen molar-refractivity contribution >= 4 is 17.1 Å². The van der Waals surface area contributed by atoms with Gasteiger partial charge >= 0.3 is 5.84 Å². The molecule has 0 bridgehead atoms. The smallest absolute Gasteiger partial charge is 0.368 e. The van der Waals surface area contributed by atoms with Gasteiger partial charge in [-0.25, -0.2) is 4.98 Å². The number of aromatic nitrogens is 4. The summed E-state index contributed by atoms with van der Waals surface area (Å²) in [6.45, 7) is 0.800. The van der Waals surface area contributed by atoms with E-state index in [9.17, 15) is 0 Å². The van der Waals surface area contributed by atoms with E-state index in [2.05, 4.69) is 26.8 Å². The van der Waals surface area contributed by atoms with Gasteiger partial charge in [-0.15, -0.1) is 0 Å². The van der Waals surface area contributed by atoms with E-state index in [0.717, 1.165) is 29.3 Å². The molecule has 4 aromatic rings. The van der Waals surface area contributed by atoms with Gasteiger partial charge in [0.15, 0.2) is 11.2 Å². The average Bonchev–Trinajstić information content (AvgIpc) is 3.07. The van der Waals surface area contributed by atoms with E-state index in [0.29, 0.717) is 5.71 Å². The fourth-order valence-electron chi connectivity index (χ4n) is 2.80. The minimum atomic E-state index is 0.664. The quantitative estimate of drug-likeness (QED) is 0.393. The summed E-state index contributed by atoms with van der Waals surface area (Å²) in [5.74, 6) is 0.807. The van der Waals surface area contributed by atoms with Crippen molar-refractivity contribution in [3.05, 3.63) is 48.4 Å². The van der Waals surface area contributed by atoms with Gasteiger partial charge in [0.25, 0.3) is 5.71 Å². The Kier molecular flexibility index (Phi) is 1.46. The molecule has 0 unspecified atom stereocenters. The molecule has 1 aliphatic rings. The van der Waals surface area contributed by atoms with Gasteiger partial charge in [-0.3, -0.25) is 4.98 Å². The summed E-state index contributed by atoms with van der Waals surface area (Å²) in [4.78, 5) is 8.71. The van der Waals surface area contributed by atoms with Gasteiger partial charge in [-0.05, 0) is 18.2 Å². The van der Waals surface area contributed by atoms with Crippen LogP contribution in [0.3, 0.4) is 0 Å². The lowest BCUT2D eigenvalue weighted by Gasteiger charge is -1.90. The molecule has 0 radical (unpaired) electrons. The number of rotatable bonds is 0. The largest absolute Gasteiger partial charge is 0.469 e. The average molecular weight is 249 g/mol. The maximum absolute atomic E-state index is 5.85. The number of imidazole rings is 1. The second-order valence-corrected chi connectivity index (χ2v) is 4.69. The number of pyridine rings is 2. The third-order valence-electron chi connectivity index (χ3n) is 3.64. The summed E-state index contributed by atoms with van der Waals surface area (Å²) < 4.78 is 10.0. The minimum absolute atomic E-state index is 0.664. The van der Waals surface area contributed by atoms with E-state index in [-0.39, 0.29) is 0 Å². The van der Waals surface area contributed by atoms with E-state index in [1.165, 1.54) is 5.56 Å². The summed E-state index contributed by atoms with van der Waals surface area (Å²) in [7, 11) is 0. The molecule has 1 aliphatic heterocycles. The van der Waals surface area contributed by atoms with Crippen LogP contribution in [0.1, 0.15) is 5.56 Å². The standard InChI is InChI=1S/C14H9N4O/c1-3-9-7-17-11(12(9)15-5-1)8-18-10-4-2-6-16-13(10)19-14(17)18/h1-6,8H,7H2/q+1. The molecular formula is C14H9N4O+. The van der Waals surface area contributed by atoms with Crippen LogP contribution in [0.2, 0.25) is 0 Å².